The van der Waals surface area contributed by atoms with Crippen molar-refractivity contribution in [2.24, 2.45) is 5.41 Å². The predicted molar refractivity (Wildman–Crippen MR) is 117 cm³/mol. The maximum atomic E-state index is 13.4. The minimum Gasteiger partial charge on any atom is -0.352 e. The Hall–Kier alpha value is -1.95. The Kier molecular flexibility index (Phi) is 4.96. The molecule has 0 saturated carbocycles. The number of aromatic nitrogens is 1. The van der Waals surface area contributed by atoms with Crippen LogP contribution < -0.4 is 5.32 Å². The second-order valence-corrected chi connectivity index (χ2v) is 10.9. The van der Waals surface area contributed by atoms with Gasteiger partial charge in [-0.05, 0) is 54.9 Å². The first-order valence-electron chi connectivity index (χ1n) is 10.6. The molecule has 6 heteroatoms. The molecule has 0 bridgehead atoms. The summed E-state index contributed by atoms with van der Waals surface area (Å²) in [6.45, 7) is 8.60. The van der Waals surface area contributed by atoms with E-state index < -0.39 is 10.8 Å². The summed E-state index contributed by atoms with van der Waals surface area (Å²) in [4.78, 5) is 29.5. The SMILES string of the molecule is CCC1(CC)CC(C)(C)c2c([nH]c3ccc(C(=O)NC4CCS(=O)C4)cc23)C1=O. The standard InChI is InChI=1S/C23H30N2O3S/c1-5-23(6-2)13-22(3,4)18-16-11-14(7-8-17(16)25-19(18)20(23)26)21(27)24-15-9-10-29(28)12-15/h7-8,11,15,25H,5-6,9-10,12-13H2,1-4H3,(H,24,27). The number of Topliss-reactive ketones (excluding diaryl/α,β-unsaturated/α-hetero) is 1. The predicted octanol–water partition coefficient (Wildman–Crippen LogP) is 4.09. The highest BCUT2D eigenvalue weighted by Crippen LogP contribution is 2.51. The molecule has 29 heavy (non-hydrogen) atoms. The molecule has 2 heterocycles. The maximum absolute atomic E-state index is 13.4. The fraction of sp³-hybridized carbons (Fsp3) is 0.565. The third-order valence-electron chi connectivity index (χ3n) is 7.00. The summed E-state index contributed by atoms with van der Waals surface area (Å²) in [5.74, 6) is 1.25. The molecule has 2 unspecified atom stereocenters. The lowest BCUT2D eigenvalue weighted by Gasteiger charge is -2.43. The van der Waals surface area contributed by atoms with E-state index in [0.717, 1.165) is 42.1 Å². The molecule has 2 N–H and O–H groups in total. The molecule has 1 aliphatic heterocycles. The van der Waals surface area contributed by atoms with Crippen molar-refractivity contribution in [3.63, 3.8) is 0 Å². The van der Waals surface area contributed by atoms with E-state index in [1.807, 2.05) is 12.1 Å². The molecule has 1 saturated heterocycles. The van der Waals surface area contributed by atoms with Gasteiger partial charge in [-0.25, -0.2) is 0 Å². The van der Waals surface area contributed by atoms with E-state index in [4.69, 9.17) is 0 Å². The van der Waals surface area contributed by atoms with Gasteiger partial charge in [-0.15, -0.1) is 0 Å². The maximum Gasteiger partial charge on any atom is 0.251 e. The molecule has 2 aliphatic rings. The van der Waals surface area contributed by atoms with Gasteiger partial charge in [-0.1, -0.05) is 27.7 Å². The zero-order valence-corrected chi connectivity index (χ0v) is 18.5. The van der Waals surface area contributed by atoms with Gasteiger partial charge >= 0.3 is 0 Å². The summed E-state index contributed by atoms with van der Waals surface area (Å²) in [6, 6.07) is 5.59. The fourth-order valence-corrected chi connectivity index (χ4v) is 6.77. The van der Waals surface area contributed by atoms with Gasteiger partial charge in [-0.2, -0.15) is 0 Å². The summed E-state index contributed by atoms with van der Waals surface area (Å²) >= 11 is 0. The van der Waals surface area contributed by atoms with Gasteiger partial charge in [0.05, 0.1) is 5.69 Å². The average molecular weight is 415 g/mol. The largest absolute Gasteiger partial charge is 0.352 e. The number of aromatic amines is 1. The highest BCUT2D eigenvalue weighted by atomic mass is 32.2. The Morgan fingerprint density at radius 2 is 2.00 bits per heavy atom. The molecule has 2 aromatic rings. The van der Waals surface area contributed by atoms with Crippen LogP contribution in [-0.2, 0) is 16.2 Å². The number of carbonyl (C=O) groups excluding carboxylic acids is 2. The molecular formula is C23H30N2O3S. The molecule has 0 spiro atoms. The van der Waals surface area contributed by atoms with Crippen molar-refractivity contribution < 1.29 is 13.8 Å². The van der Waals surface area contributed by atoms with Crippen LogP contribution in [-0.4, -0.2) is 38.4 Å². The molecule has 1 aliphatic carbocycles. The topological polar surface area (TPSA) is 79.0 Å². The monoisotopic (exact) mass is 414 g/mol. The summed E-state index contributed by atoms with van der Waals surface area (Å²) < 4.78 is 11.6. The molecule has 1 aromatic carbocycles. The van der Waals surface area contributed by atoms with Crippen molar-refractivity contribution in [3.05, 3.63) is 35.0 Å². The lowest BCUT2D eigenvalue weighted by atomic mass is 9.59. The normalized spacial score (nSPS) is 25.2. The van der Waals surface area contributed by atoms with Crippen LogP contribution in [0.3, 0.4) is 0 Å². The number of ketones is 1. The summed E-state index contributed by atoms with van der Waals surface area (Å²) in [7, 11) is -0.824. The first-order valence-corrected chi connectivity index (χ1v) is 12.1. The Balaban J connectivity index is 1.75. The van der Waals surface area contributed by atoms with E-state index in [9.17, 15) is 13.8 Å². The Labute approximate surface area is 174 Å². The van der Waals surface area contributed by atoms with Crippen LogP contribution in [0.2, 0.25) is 0 Å². The molecule has 156 valence electrons. The van der Waals surface area contributed by atoms with E-state index in [2.05, 4.69) is 38.0 Å². The molecular weight excluding hydrogens is 384 g/mol. The van der Waals surface area contributed by atoms with Gasteiger partial charge in [0, 0.05) is 50.2 Å². The van der Waals surface area contributed by atoms with Gasteiger partial charge in [-0.3, -0.25) is 13.8 Å². The number of benzene rings is 1. The fourth-order valence-electron chi connectivity index (χ4n) is 5.35. The number of fused-ring (bicyclic) bond motifs is 3. The summed E-state index contributed by atoms with van der Waals surface area (Å²) in [5.41, 5.74) is 2.75. The van der Waals surface area contributed by atoms with Crippen LogP contribution in [0.1, 0.15) is 79.8 Å². The molecule has 2 atom stereocenters. The van der Waals surface area contributed by atoms with Gasteiger partial charge in [0.25, 0.3) is 5.91 Å². The zero-order valence-electron chi connectivity index (χ0n) is 17.7. The van der Waals surface area contributed by atoms with E-state index in [1.54, 1.807) is 6.07 Å². The van der Waals surface area contributed by atoms with Crippen molar-refractivity contribution in [1.82, 2.24) is 10.3 Å². The second-order valence-electron chi connectivity index (χ2n) is 9.28. The second kappa shape index (κ2) is 7.08. The number of rotatable bonds is 4. The lowest BCUT2D eigenvalue weighted by molar-refractivity contribution is 0.0670. The lowest BCUT2D eigenvalue weighted by Crippen LogP contribution is -2.42. The van der Waals surface area contributed by atoms with Crippen LogP contribution in [0.15, 0.2) is 18.2 Å². The van der Waals surface area contributed by atoms with E-state index in [1.165, 1.54) is 0 Å². The first kappa shape index (κ1) is 20.3. The van der Waals surface area contributed by atoms with Crippen LogP contribution in [0.25, 0.3) is 10.9 Å². The number of hydrogen-bond acceptors (Lipinski definition) is 3. The van der Waals surface area contributed by atoms with Gasteiger partial charge < -0.3 is 10.3 Å². The van der Waals surface area contributed by atoms with E-state index in [-0.39, 0.29) is 28.6 Å². The molecule has 1 aromatic heterocycles. The van der Waals surface area contributed by atoms with Crippen molar-refractivity contribution in [2.75, 3.05) is 11.5 Å². The van der Waals surface area contributed by atoms with Crippen LogP contribution >= 0.6 is 0 Å². The summed E-state index contributed by atoms with van der Waals surface area (Å²) in [6.07, 6.45) is 3.24. The first-order chi connectivity index (χ1) is 13.7. The van der Waals surface area contributed by atoms with Gasteiger partial charge in [0.15, 0.2) is 5.78 Å². The van der Waals surface area contributed by atoms with Crippen molar-refractivity contribution in [3.8, 4) is 0 Å². The zero-order chi connectivity index (χ0) is 21.0. The number of H-pyrrole nitrogens is 1. The highest BCUT2D eigenvalue weighted by molar-refractivity contribution is 7.85. The quantitative estimate of drug-likeness (QED) is 0.791. The molecule has 5 nitrogen and oxygen atoms in total. The molecule has 1 amide bonds. The van der Waals surface area contributed by atoms with Crippen LogP contribution in [0.4, 0.5) is 0 Å². The Morgan fingerprint density at radius 3 is 2.62 bits per heavy atom. The van der Waals surface area contributed by atoms with E-state index in [0.29, 0.717) is 22.8 Å². The van der Waals surface area contributed by atoms with Crippen LogP contribution in [0.5, 0.6) is 0 Å². The molecule has 4 rings (SSSR count). The molecule has 1 fully saturated rings. The minimum absolute atomic E-state index is 0.0214. The third-order valence-corrected chi connectivity index (χ3v) is 8.46. The number of hydrogen-bond donors (Lipinski definition) is 2. The average Bonchev–Trinajstić information content (AvgIpc) is 3.28. The molecule has 0 radical (unpaired) electrons. The van der Waals surface area contributed by atoms with Gasteiger partial charge in [0.2, 0.25) is 0 Å². The van der Waals surface area contributed by atoms with E-state index >= 15 is 0 Å². The number of carbonyl (C=O) groups is 2. The number of nitrogens with one attached hydrogen (secondary N) is 2. The highest BCUT2D eigenvalue weighted by Gasteiger charge is 2.48. The van der Waals surface area contributed by atoms with Crippen LogP contribution in [0, 0.1) is 5.41 Å². The third kappa shape index (κ3) is 3.25. The van der Waals surface area contributed by atoms with Gasteiger partial charge in [0.1, 0.15) is 0 Å². The Bertz CT molecular complexity index is 1020. The smallest absolute Gasteiger partial charge is 0.251 e. The number of amides is 1. The van der Waals surface area contributed by atoms with Crippen molar-refractivity contribution in [1.29, 1.82) is 0 Å². The minimum atomic E-state index is -0.824. The Morgan fingerprint density at radius 1 is 1.28 bits per heavy atom. The van der Waals surface area contributed by atoms with Crippen molar-refractivity contribution >= 4 is 33.4 Å². The van der Waals surface area contributed by atoms with Crippen molar-refractivity contribution in [2.45, 2.75) is 64.8 Å². The summed E-state index contributed by atoms with van der Waals surface area (Å²) in [5, 5.41) is 3.97.